The van der Waals surface area contributed by atoms with Crippen molar-refractivity contribution in [3.8, 4) is 0 Å². The van der Waals surface area contributed by atoms with Crippen LogP contribution in [0.3, 0.4) is 0 Å². The molecule has 1 aliphatic carbocycles. The molecule has 2 aliphatic rings. The molecule has 5 rings (SSSR count). The number of anilines is 1. The number of hydrogen-bond donors (Lipinski definition) is 4. The van der Waals surface area contributed by atoms with Gasteiger partial charge in [0.15, 0.2) is 11.7 Å². The second-order valence-corrected chi connectivity index (χ2v) is 13.2. The van der Waals surface area contributed by atoms with Gasteiger partial charge in [0.25, 0.3) is 0 Å². The SMILES string of the molecule is O=P(O)(O)CP(=O)(O)OC[C@@H]1CC[C@H](c2cnc3c(NCc4ccccc4)nc(C4CC4)nc3c2)O1. The van der Waals surface area contributed by atoms with Gasteiger partial charge in [-0.05, 0) is 37.3 Å². The third-order valence-electron chi connectivity index (χ3n) is 6.12. The maximum Gasteiger partial charge on any atom is 0.340 e. The zero-order valence-corrected chi connectivity index (χ0v) is 21.2. The van der Waals surface area contributed by atoms with Crippen molar-refractivity contribution in [1.82, 2.24) is 15.0 Å². The van der Waals surface area contributed by atoms with Crippen molar-refractivity contribution < 1.29 is 33.1 Å². The van der Waals surface area contributed by atoms with E-state index in [2.05, 4.69) is 10.3 Å². The highest BCUT2D eigenvalue weighted by Crippen LogP contribution is 2.55. The number of nitrogens with one attached hydrogen (secondary N) is 1. The highest BCUT2D eigenvalue weighted by atomic mass is 31.2. The van der Waals surface area contributed by atoms with Gasteiger partial charge in [-0.3, -0.25) is 14.1 Å². The molecule has 11 nitrogen and oxygen atoms in total. The third kappa shape index (κ3) is 6.55. The summed E-state index contributed by atoms with van der Waals surface area (Å²) in [6.07, 6.45) is 4.32. The first kappa shape index (κ1) is 25.4. The van der Waals surface area contributed by atoms with Crippen LogP contribution in [0, 0.1) is 0 Å². The summed E-state index contributed by atoms with van der Waals surface area (Å²) >= 11 is 0. The molecule has 0 radical (unpaired) electrons. The van der Waals surface area contributed by atoms with Gasteiger partial charge in [0.05, 0.1) is 24.3 Å². The predicted molar refractivity (Wildman–Crippen MR) is 133 cm³/mol. The van der Waals surface area contributed by atoms with Crippen LogP contribution in [-0.4, -0.2) is 48.2 Å². The van der Waals surface area contributed by atoms with Gasteiger partial charge in [0.2, 0.25) is 0 Å². The molecule has 1 aliphatic heterocycles. The first-order valence-corrected chi connectivity index (χ1v) is 15.3. The van der Waals surface area contributed by atoms with E-state index in [1.165, 1.54) is 0 Å². The second-order valence-electron chi connectivity index (χ2n) is 9.24. The maximum atomic E-state index is 11.9. The smallest absolute Gasteiger partial charge is 0.340 e. The molecular formula is C23H28N4O7P2. The summed E-state index contributed by atoms with van der Waals surface area (Å²) in [5, 5.41) is 3.40. The van der Waals surface area contributed by atoms with Crippen molar-refractivity contribution in [3.63, 3.8) is 0 Å². The minimum absolute atomic E-state index is 0.229. The highest BCUT2D eigenvalue weighted by molar-refractivity contribution is 7.70. The third-order valence-corrected chi connectivity index (χ3v) is 9.58. The van der Waals surface area contributed by atoms with Crippen LogP contribution in [-0.2, 0) is 24.9 Å². The van der Waals surface area contributed by atoms with Crippen LogP contribution in [0.2, 0.25) is 0 Å². The molecule has 3 atom stereocenters. The average molecular weight is 534 g/mol. The van der Waals surface area contributed by atoms with Gasteiger partial charge in [-0.15, -0.1) is 0 Å². The van der Waals surface area contributed by atoms with Crippen molar-refractivity contribution in [2.75, 3.05) is 17.8 Å². The summed E-state index contributed by atoms with van der Waals surface area (Å²) in [6.45, 7) is 0.386. The number of aromatic nitrogens is 3. The molecule has 192 valence electrons. The van der Waals surface area contributed by atoms with E-state index in [4.69, 9.17) is 29.0 Å². The molecule has 1 aromatic carbocycles. The van der Waals surface area contributed by atoms with Gasteiger partial charge in [0.1, 0.15) is 11.3 Å². The Kier molecular flexibility index (Phi) is 7.25. The standard InChI is InChI=1S/C23H28N4O7P2/c28-35(29,30)14-36(31,32)33-13-18-8-9-20(34-18)17-10-19-21(24-12-17)23(27-22(26-19)16-6-7-16)25-11-15-4-2-1-3-5-15/h1-5,10,12,16,18,20H,6-9,11,13-14H2,(H,31,32)(H,25,26,27)(H2,28,29,30)/t18-,20+/m0/s1. The van der Waals surface area contributed by atoms with Crippen LogP contribution in [0.25, 0.3) is 11.0 Å². The van der Waals surface area contributed by atoms with Crippen molar-refractivity contribution in [2.24, 2.45) is 0 Å². The van der Waals surface area contributed by atoms with E-state index in [0.29, 0.717) is 36.6 Å². The molecule has 2 fully saturated rings. The molecule has 13 heteroatoms. The number of nitrogens with zero attached hydrogens (tertiary/aromatic N) is 3. The Morgan fingerprint density at radius 1 is 1.06 bits per heavy atom. The Morgan fingerprint density at radius 3 is 2.56 bits per heavy atom. The lowest BCUT2D eigenvalue weighted by molar-refractivity contribution is 0.0149. The number of fused-ring (bicyclic) bond motifs is 1. The lowest BCUT2D eigenvalue weighted by Crippen LogP contribution is -2.14. The van der Waals surface area contributed by atoms with Crippen molar-refractivity contribution in [3.05, 3.63) is 59.5 Å². The number of benzene rings is 1. The maximum absolute atomic E-state index is 11.9. The zero-order chi connectivity index (χ0) is 25.3. The zero-order valence-electron chi connectivity index (χ0n) is 19.4. The molecule has 36 heavy (non-hydrogen) atoms. The molecular weight excluding hydrogens is 506 g/mol. The van der Waals surface area contributed by atoms with Gasteiger partial charge in [-0.1, -0.05) is 30.3 Å². The van der Waals surface area contributed by atoms with Crippen molar-refractivity contribution >= 4 is 32.0 Å². The number of pyridine rings is 1. The van der Waals surface area contributed by atoms with Crippen LogP contribution in [0.4, 0.5) is 5.82 Å². The van der Waals surface area contributed by atoms with E-state index in [1.54, 1.807) is 6.20 Å². The fraction of sp³-hybridized carbons (Fsp3) is 0.435. The summed E-state index contributed by atoms with van der Waals surface area (Å²) in [6, 6.07) is 12.0. The minimum atomic E-state index is -4.67. The highest BCUT2D eigenvalue weighted by Gasteiger charge is 2.34. The molecule has 0 spiro atoms. The summed E-state index contributed by atoms with van der Waals surface area (Å²) in [5.74, 6) is 0.648. The van der Waals surface area contributed by atoms with Crippen LogP contribution >= 0.6 is 15.2 Å². The summed E-state index contributed by atoms with van der Waals surface area (Å²) in [4.78, 5) is 41.7. The lowest BCUT2D eigenvalue weighted by atomic mass is 10.1. The molecule has 0 amide bonds. The molecule has 2 aromatic heterocycles. The van der Waals surface area contributed by atoms with Crippen LogP contribution < -0.4 is 5.32 Å². The Morgan fingerprint density at radius 2 is 1.83 bits per heavy atom. The molecule has 1 saturated carbocycles. The Bertz CT molecular complexity index is 1330. The van der Waals surface area contributed by atoms with Crippen LogP contribution in [0.15, 0.2) is 42.6 Å². The minimum Gasteiger partial charge on any atom is -0.368 e. The fourth-order valence-corrected chi connectivity index (χ4v) is 6.79. The molecule has 3 aromatic rings. The quantitative estimate of drug-likeness (QED) is 0.277. The topological polar surface area (TPSA) is 164 Å². The van der Waals surface area contributed by atoms with E-state index in [-0.39, 0.29) is 12.7 Å². The van der Waals surface area contributed by atoms with E-state index in [0.717, 1.165) is 35.3 Å². The summed E-state index contributed by atoms with van der Waals surface area (Å²) in [7, 11) is -9.08. The van der Waals surface area contributed by atoms with E-state index in [9.17, 15) is 14.0 Å². The van der Waals surface area contributed by atoms with Gasteiger partial charge in [-0.2, -0.15) is 0 Å². The summed E-state index contributed by atoms with van der Waals surface area (Å²) < 4.78 is 33.8. The Hall–Kier alpha value is -2.23. The molecule has 3 heterocycles. The fourth-order valence-electron chi connectivity index (χ4n) is 4.20. The van der Waals surface area contributed by atoms with Crippen molar-refractivity contribution in [1.29, 1.82) is 0 Å². The number of ether oxygens (including phenoxy) is 1. The normalized spacial score (nSPS) is 22.0. The number of hydrogen-bond acceptors (Lipinski definition) is 8. The van der Waals surface area contributed by atoms with E-state index >= 15 is 0 Å². The first-order valence-electron chi connectivity index (χ1n) is 11.8. The van der Waals surface area contributed by atoms with Gasteiger partial charge >= 0.3 is 15.2 Å². The van der Waals surface area contributed by atoms with E-state index in [1.807, 2.05) is 36.4 Å². The molecule has 0 bridgehead atoms. The average Bonchev–Trinajstić information content (AvgIpc) is 3.57. The van der Waals surface area contributed by atoms with Crippen molar-refractivity contribution in [2.45, 2.75) is 50.4 Å². The monoisotopic (exact) mass is 534 g/mol. The molecule has 4 N–H and O–H groups in total. The predicted octanol–water partition coefficient (Wildman–Crippen LogP) is 4.07. The Balaban J connectivity index is 1.29. The van der Waals surface area contributed by atoms with Gasteiger partial charge in [-0.25, -0.2) is 9.97 Å². The van der Waals surface area contributed by atoms with Gasteiger partial charge < -0.3 is 29.3 Å². The second kappa shape index (κ2) is 10.3. The van der Waals surface area contributed by atoms with E-state index < -0.39 is 27.2 Å². The van der Waals surface area contributed by atoms with Crippen LogP contribution in [0.5, 0.6) is 0 Å². The first-order chi connectivity index (χ1) is 17.2. The molecule has 1 unspecified atom stereocenters. The number of rotatable bonds is 10. The van der Waals surface area contributed by atoms with Gasteiger partial charge in [0, 0.05) is 24.2 Å². The molecule has 1 saturated heterocycles. The lowest BCUT2D eigenvalue weighted by Gasteiger charge is -2.17. The van der Waals surface area contributed by atoms with Crippen LogP contribution in [0.1, 0.15) is 54.7 Å². The Labute approximate surface area is 208 Å². The largest absolute Gasteiger partial charge is 0.368 e. The summed E-state index contributed by atoms with van der Waals surface area (Å²) in [5.41, 5.74) is 3.37.